The number of ether oxygens (including phenoxy) is 1. The average Bonchev–Trinajstić information content (AvgIpc) is 3.14. The number of alkyl halides is 3. The van der Waals surface area contributed by atoms with Gasteiger partial charge in [-0.3, -0.25) is 4.79 Å². The summed E-state index contributed by atoms with van der Waals surface area (Å²) in [5.74, 6) is -1.27. The normalized spacial score (nSPS) is 18.2. The molecule has 3 rings (SSSR count). The Balaban J connectivity index is 2.20. The number of carbonyl (C=O) groups excluding carboxylic acids is 2. The van der Waals surface area contributed by atoms with Crippen molar-refractivity contribution in [2.24, 2.45) is 4.99 Å². The summed E-state index contributed by atoms with van der Waals surface area (Å²) in [6.45, 7) is 5.54. The van der Waals surface area contributed by atoms with Crippen LogP contribution in [0.25, 0.3) is 0 Å². The Labute approximate surface area is 188 Å². The molecule has 0 aliphatic carbocycles. The van der Waals surface area contributed by atoms with Crippen molar-refractivity contribution in [3.8, 4) is 0 Å². The molecule has 2 aliphatic heterocycles. The van der Waals surface area contributed by atoms with Gasteiger partial charge < -0.3 is 14.5 Å². The third-order valence-electron chi connectivity index (χ3n) is 5.29. The third-order valence-corrected chi connectivity index (χ3v) is 6.18. The van der Waals surface area contributed by atoms with Crippen LogP contribution in [0.3, 0.4) is 0 Å². The van der Waals surface area contributed by atoms with Crippen LogP contribution in [-0.4, -0.2) is 53.2 Å². The van der Waals surface area contributed by atoms with Crippen molar-refractivity contribution < 1.29 is 27.5 Å². The number of hydrogen-bond donors (Lipinski definition) is 0. The Morgan fingerprint density at radius 3 is 2.53 bits per heavy atom. The zero-order valence-corrected chi connectivity index (χ0v) is 19.0. The Morgan fingerprint density at radius 1 is 1.25 bits per heavy atom. The van der Waals surface area contributed by atoms with Crippen LogP contribution in [0, 0.1) is 6.92 Å². The number of fused-ring (bicyclic) bond motifs is 1. The first-order chi connectivity index (χ1) is 15.1. The maximum absolute atomic E-state index is 14.0. The monoisotopic (exact) mass is 467 g/mol. The number of benzene rings is 1. The number of carbonyl (C=O) groups is 2. The number of aliphatic imine (C=N–C) groups is 1. The number of rotatable bonds is 6. The van der Waals surface area contributed by atoms with Crippen LogP contribution in [0.1, 0.15) is 37.4 Å². The predicted molar refractivity (Wildman–Crippen MR) is 117 cm³/mol. The van der Waals surface area contributed by atoms with Crippen LogP contribution >= 0.6 is 11.8 Å². The van der Waals surface area contributed by atoms with Crippen molar-refractivity contribution in [3.63, 3.8) is 0 Å². The van der Waals surface area contributed by atoms with Gasteiger partial charge in [0.1, 0.15) is 0 Å². The van der Waals surface area contributed by atoms with Gasteiger partial charge in [-0.05, 0) is 37.3 Å². The first kappa shape index (κ1) is 23.9. The average molecular weight is 468 g/mol. The molecule has 0 saturated carbocycles. The first-order valence-electron chi connectivity index (χ1n) is 10.1. The number of amides is 1. The summed E-state index contributed by atoms with van der Waals surface area (Å²) in [6, 6.07) is 5.78. The molecular weight excluding hydrogens is 443 g/mol. The van der Waals surface area contributed by atoms with Gasteiger partial charge in [0, 0.05) is 19.3 Å². The molecule has 0 aromatic heterocycles. The molecule has 1 atom stereocenters. The molecule has 0 fully saturated rings. The summed E-state index contributed by atoms with van der Waals surface area (Å²) < 4.78 is 47.1. The lowest BCUT2D eigenvalue weighted by molar-refractivity contribution is -0.140. The minimum atomic E-state index is -4.86. The molecule has 1 amide bonds. The third kappa shape index (κ3) is 4.55. The number of nitrogens with zero attached hydrogens (tertiary/aromatic N) is 3. The molecule has 2 heterocycles. The van der Waals surface area contributed by atoms with E-state index in [-0.39, 0.29) is 24.1 Å². The fraction of sp³-hybridized carbons (Fsp3) is 0.409. The molecular formula is C22H24F3N3O3S. The molecule has 1 unspecified atom stereocenters. The van der Waals surface area contributed by atoms with Gasteiger partial charge in [0.2, 0.25) is 5.91 Å². The zero-order chi connectivity index (χ0) is 23.6. The van der Waals surface area contributed by atoms with Gasteiger partial charge in [-0.25, -0.2) is 9.79 Å². The molecule has 1 aromatic carbocycles. The number of thioether (sulfide) groups is 1. The van der Waals surface area contributed by atoms with Gasteiger partial charge in [-0.2, -0.15) is 13.2 Å². The van der Waals surface area contributed by atoms with E-state index in [9.17, 15) is 22.8 Å². The SMILES string of the molecule is CCOC(=O)C1=C(C(F)(F)F)N=C2SC=C(CC(=O)N(C)CC)N2C1c1ccccc1C. The highest BCUT2D eigenvalue weighted by molar-refractivity contribution is 8.16. The number of esters is 1. The van der Waals surface area contributed by atoms with E-state index in [4.69, 9.17) is 4.74 Å². The zero-order valence-electron chi connectivity index (χ0n) is 18.2. The van der Waals surface area contributed by atoms with Crippen molar-refractivity contribution in [1.29, 1.82) is 0 Å². The van der Waals surface area contributed by atoms with Crippen molar-refractivity contribution in [2.75, 3.05) is 20.2 Å². The van der Waals surface area contributed by atoms with Crippen molar-refractivity contribution in [3.05, 3.63) is 57.8 Å². The number of hydrogen-bond acceptors (Lipinski definition) is 6. The summed E-state index contributed by atoms with van der Waals surface area (Å²) in [6.07, 6.45) is -4.89. The summed E-state index contributed by atoms with van der Waals surface area (Å²) in [7, 11) is 1.65. The van der Waals surface area contributed by atoms with Crippen molar-refractivity contribution in [2.45, 2.75) is 39.4 Å². The fourth-order valence-corrected chi connectivity index (χ4v) is 4.46. The minimum Gasteiger partial charge on any atom is -0.463 e. The van der Waals surface area contributed by atoms with Crippen LogP contribution in [0.4, 0.5) is 13.2 Å². The number of allylic oxidation sites excluding steroid dienone is 1. The van der Waals surface area contributed by atoms with Gasteiger partial charge in [0.05, 0.1) is 24.6 Å². The van der Waals surface area contributed by atoms with Crippen molar-refractivity contribution in [1.82, 2.24) is 9.80 Å². The van der Waals surface area contributed by atoms with E-state index in [0.29, 0.717) is 23.4 Å². The van der Waals surface area contributed by atoms with E-state index in [1.807, 2.05) is 6.92 Å². The molecule has 10 heteroatoms. The molecule has 0 saturated heterocycles. The lowest BCUT2D eigenvalue weighted by Gasteiger charge is -2.37. The van der Waals surface area contributed by atoms with Gasteiger partial charge in [0.25, 0.3) is 0 Å². The van der Waals surface area contributed by atoms with E-state index < -0.39 is 29.5 Å². The topological polar surface area (TPSA) is 62.2 Å². The minimum absolute atomic E-state index is 0.0315. The van der Waals surface area contributed by atoms with Gasteiger partial charge >= 0.3 is 12.1 Å². The molecule has 0 radical (unpaired) electrons. The molecule has 0 N–H and O–H groups in total. The Bertz CT molecular complexity index is 1020. The molecule has 1 aromatic rings. The molecule has 32 heavy (non-hydrogen) atoms. The Kier molecular flexibility index (Phi) is 7.02. The molecule has 2 aliphatic rings. The summed E-state index contributed by atoms with van der Waals surface area (Å²) in [5, 5.41) is 1.69. The second-order valence-corrected chi connectivity index (χ2v) is 8.15. The van der Waals surface area contributed by atoms with E-state index in [0.717, 1.165) is 11.8 Å². The van der Waals surface area contributed by atoms with Crippen LogP contribution in [0.2, 0.25) is 0 Å². The van der Waals surface area contributed by atoms with Crippen LogP contribution < -0.4 is 0 Å². The number of aryl methyl sites for hydroxylation is 1. The molecule has 0 bridgehead atoms. The second-order valence-electron chi connectivity index (χ2n) is 7.32. The van der Waals surface area contributed by atoms with E-state index >= 15 is 0 Å². The Morgan fingerprint density at radius 2 is 1.94 bits per heavy atom. The number of amidine groups is 1. The maximum atomic E-state index is 14.0. The van der Waals surface area contributed by atoms with E-state index in [1.165, 1.54) is 11.8 Å². The largest absolute Gasteiger partial charge is 0.463 e. The maximum Gasteiger partial charge on any atom is 0.434 e. The summed E-state index contributed by atoms with van der Waals surface area (Å²) in [4.78, 5) is 32.3. The summed E-state index contributed by atoms with van der Waals surface area (Å²) >= 11 is 1.00. The van der Waals surface area contributed by atoms with Crippen molar-refractivity contribution >= 4 is 28.8 Å². The van der Waals surface area contributed by atoms with Crippen LogP contribution in [0.5, 0.6) is 0 Å². The van der Waals surface area contributed by atoms with E-state index in [1.54, 1.807) is 48.5 Å². The van der Waals surface area contributed by atoms with Gasteiger partial charge in [-0.15, -0.1) is 0 Å². The van der Waals surface area contributed by atoms with E-state index in [2.05, 4.69) is 4.99 Å². The molecule has 172 valence electrons. The highest BCUT2D eigenvalue weighted by Gasteiger charge is 2.49. The van der Waals surface area contributed by atoms with Crippen LogP contribution in [0.15, 0.2) is 51.6 Å². The lowest BCUT2D eigenvalue weighted by Crippen LogP contribution is -2.40. The summed E-state index contributed by atoms with van der Waals surface area (Å²) in [5.41, 5.74) is -0.156. The lowest BCUT2D eigenvalue weighted by atomic mass is 9.90. The second kappa shape index (κ2) is 9.40. The van der Waals surface area contributed by atoms with Gasteiger partial charge in [0.15, 0.2) is 10.9 Å². The Hall–Kier alpha value is -2.75. The quantitative estimate of drug-likeness (QED) is 0.575. The smallest absolute Gasteiger partial charge is 0.434 e. The first-order valence-corrected chi connectivity index (χ1v) is 11.0. The molecule has 6 nitrogen and oxygen atoms in total. The highest BCUT2D eigenvalue weighted by atomic mass is 32.2. The fourth-order valence-electron chi connectivity index (χ4n) is 3.54. The standard InChI is InChI=1S/C22H24F3N3O3S/c1-5-27(4)16(29)11-14-12-32-21-26-19(22(23,24)25)17(20(30)31-6-2)18(28(14)21)15-10-8-7-9-13(15)3/h7-10,12,18H,5-6,11H2,1-4H3. The number of halogens is 3. The van der Waals surface area contributed by atoms with Crippen LogP contribution in [-0.2, 0) is 14.3 Å². The predicted octanol–water partition coefficient (Wildman–Crippen LogP) is 4.54. The highest BCUT2D eigenvalue weighted by Crippen LogP contribution is 2.48. The van der Waals surface area contributed by atoms with Gasteiger partial charge in [-0.1, -0.05) is 36.0 Å². The molecule has 0 spiro atoms.